The van der Waals surface area contributed by atoms with Crippen LogP contribution in [0.1, 0.15) is 66.9 Å². The van der Waals surface area contributed by atoms with Crippen LogP contribution in [-0.4, -0.2) is 11.7 Å². The molecular formula is C19H30BrNO2. The molecule has 1 atom stereocenters. The summed E-state index contributed by atoms with van der Waals surface area (Å²) in [4.78, 5) is 12.5. The van der Waals surface area contributed by atoms with Gasteiger partial charge in [-0.25, -0.2) is 4.79 Å². The second kappa shape index (κ2) is 7.25. The van der Waals surface area contributed by atoms with Gasteiger partial charge in [-0.15, -0.1) is 0 Å². The molecule has 0 heterocycles. The number of nitrogens with one attached hydrogen (secondary N) is 1. The van der Waals surface area contributed by atoms with Crippen molar-refractivity contribution in [3.05, 3.63) is 34.3 Å². The highest BCUT2D eigenvalue weighted by Gasteiger charge is 2.44. The van der Waals surface area contributed by atoms with E-state index >= 15 is 0 Å². The minimum absolute atomic E-state index is 0.166. The maximum atomic E-state index is 12.5. The zero-order chi connectivity index (χ0) is 17.9. The van der Waals surface area contributed by atoms with Crippen LogP contribution in [0.15, 0.2) is 28.7 Å². The molecule has 0 aliphatic rings. The average Bonchev–Trinajstić information content (AvgIpc) is 2.34. The number of hydrogen-bond donors (Lipinski definition) is 1. The number of hydrogen-bond acceptors (Lipinski definition) is 2. The lowest BCUT2D eigenvalue weighted by molar-refractivity contribution is 0.0303. The number of amides is 1. The number of alkyl carbamates (subject to hydrolysis) is 1. The molecule has 1 rings (SSSR count). The molecule has 4 heteroatoms. The molecule has 0 aliphatic carbocycles. The molecule has 1 aromatic carbocycles. The van der Waals surface area contributed by atoms with Crippen molar-refractivity contribution in [3.63, 3.8) is 0 Å². The van der Waals surface area contributed by atoms with Crippen molar-refractivity contribution in [2.24, 2.45) is 5.41 Å². The van der Waals surface area contributed by atoms with Gasteiger partial charge in [0.1, 0.15) is 5.60 Å². The third-order valence-electron chi connectivity index (χ3n) is 3.94. The van der Waals surface area contributed by atoms with Crippen LogP contribution in [0.2, 0.25) is 0 Å². The second-order valence-corrected chi connectivity index (χ2v) is 8.96. The van der Waals surface area contributed by atoms with Crippen LogP contribution in [-0.2, 0) is 10.3 Å². The van der Waals surface area contributed by atoms with E-state index in [0.29, 0.717) is 0 Å². The Balaban J connectivity index is 3.33. The first kappa shape index (κ1) is 20.0. The van der Waals surface area contributed by atoms with E-state index in [2.05, 4.69) is 61.1 Å². The van der Waals surface area contributed by atoms with Crippen LogP contribution >= 0.6 is 15.9 Å². The lowest BCUT2D eigenvalue weighted by atomic mass is 9.67. The quantitative estimate of drug-likeness (QED) is 0.690. The Hall–Kier alpha value is -1.03. The molecule has 130 valence electrons. The lowest BCUT2D eigenvalue weighted by Crippen LogP contribution is -2.55. The van der Waals surface area contributed by atoms with Crippen molar-refractivity contribution in [1.29, 1.82) is 0 Å². The summed E-state index contributed by atoms with van der Waals surface area (Å²) in [5.74, 6) is 0. The van der Waals surface area contributed by atoms with Crippen molar-refractivity contribution < 1.29 is 9.53 Å². The van der Waals surface area contributed by atoms with Crippen LogP contribution < -0.4 is 5.32 Å². The molecule has 23 heavy (non-hydrogen) atoms. The highest BCUT2D eigenvalue weighted by Crippen LogP contribution is 2.43. The molecule has 3 nitrogen and oxygen atoms in total. The Morgan fingerprint density at radius 3 is 2.22 bits per heavy atom. The highest BCUT2D eigenvalue weighted by atomic mass is 79.9. The summed E-state index contributed by atoms with van der Waals surface area (Å²) in [5.41, 5.74) is -0.0849. The van der Waals surface area contributed by atoms with E-state index in [-0.39, 0.29) is 11.5 Å². The van der Waals surface area contributed by atoms with Gasteiger partial charge in [-0.1, -0.05) is 62.2 Å². The molecule has 0 aromatic heterocycles. The largest absolute Gasteiger partial charge is 0.444 e. The lowest BCUT2D eigenvalue weighted by Gasteiger charge is -2.46. The third-order valence-corrected chi connectivity index (χ3v) is 4.43. The molecule has 1 N–H and O–H groups in total. The van der Waals surface area contributed by atoms with Gasteiger partial charge in [0.2, 0.25) is 0 Å². The Morgan fingerprint density at radius 1 is 1.17 bits per heavy atom. The fourth-order valence-electron chi connectivity index (χ4n) is 2.88. The summed E-state index contributed by atoms with van der Waals surface area (Å²) in [7, 11) is 0. The Labute approximate surface area is 149 Å². The molecule has 1 unspecified atom stereocenters. The average molecular weight is 384 g/mol. The molecular weight excluding hydrogens is 354 g/mol. The maximum Gasteiger partial charge on any atom is 0.408 e. The van der Waals surface area contributed by atoms with E-state index < -0.39 is 11.1 Å². The predicted octanol–water partition coefficient (Wildman–Crippen LogP) is 6.02. The van der Waals surface area contributed by atoms with Gasteiger partial charge in [-0.05, 0) is 50.3 Å². The second-order valence-electron chi connectivity index (χ2n) is 8.04. The SMILES string of the molecule is CCCC(NC(=O)OC(C)(C)C)(c1cccc(Br)c1)C(C)(C)C. The van der Waals surface area contributed by atoms with Crippen LogP contribution in [0.4, 0.5) is 4.79 Å². The first-order chi connectivity index (χ1) is 10.4. The van der Waals surface area contributed by atoms with Gasteiger partial charge in [-0.3, -0.25) is 0 Å². The Bertz CT molecular complexity index is 543. The van der Waals surface area contributed by atoms with Crippen molar-refractivity contribution in [2.75, 3.05) is 0 Å². The van der Waals surface area contributed by atoms with E-state index in [9.17, 15) is 4.79 Å². The van der Waals surface area contributed by atoms with Gasteiger partial charge in [-0.2, -0.15) is 0 Å². The standard InChI is InChI=1S/C19H30BrNO2/c1-8-12-19(17(2,3)4,14-10-9-11-15(20)13-14)21-16(22)23-18(5,6)7/h9-11,13H,8,12H2,1-7H3,(H,21,22). The number of carbonyl (C=O) groups excluding carboxylic acids is 1. The molecule has 0 aliphatic heterocycles. The summed E-state index contributed by atoms with van der Waals surface area (Å²) >= 11 is 3.54. The zero-order valence-electron chi connectivity index (χ0n) is 15.4. The Kier molecular flexibility index (Phi) is 6.31. The predicted molar refractivity (Wildman–Crippen MR) is 99.6 cm³/mol. The van der Waals surface area contributed by atoms with Crippen LogP contribution in [0.25, 0.3) is 0 Å². The van der Waals surface area contributed by atoms with Gasteiger partial charge >= 0.3 is 6.09 Å². The molecule has 1 amide bonds. The summed E-state index contributed by atoms with van der Waals surface area (Å²) in [6.45, 7) is 14.2. The summed E-state index contributed by atoms with van der Waals surface area (Å²) in [6, 6.07) is 8.16. The topological polar surface area (TPSA) is 38.3 Å². The minimum Gasteiger partial charge on any atom is -0.444 e. The van der Waals surface area contributed by atoms with Gasteiger partial charge in [0.15, 0.2) is 0 Å². The van der Waals surface area contributed by atoms with Crippen molar-refractivity contribution in [3.8, 4) is 0 Å². The number of benzene rings is 1. The van der Waals surface area contributed by atoms with Crippen LogP contribution in [0, 0.1) is 5.41 Å². The monoisotopic (exact) mass is 383 g/mol. The first-order valence-corrected chi connectivity index (χ1v) is 8.98. The van der Waals surface area contributed by atoms with E-state index in [4.69, 9.17) is 4.74 Å². The molecule has 0 spiro atoms. The Morgan fingerprint density at radius 2 is 1.78 bits per heavy atom. The minimum atomic E-state index is -0.517. The van der Waals surface area contributed by atoms with Crippen LogP contribution in [0.5, 0.6) is 0 Å². The third kappa shape index (κ3) is 5.23. The van der Waals surface area contributed by atoms with E-state index in [1.165, 1.54) is 0 Å². The first-order valence-electron chi connectivity index (χ1n) is 8.18. The zero-order valence-corrected chi connectivity index (χ0v) is 17.0. The normalized spacial score (nSPS) is 15.0. The summed E-state index contributed by atoms with van der Waals surface area (Å²) in [5, 5.41) is 3.19. The van der Waals surface area contributed by atoms with Gasteiger partial charge in [0, 0.05) is 4.47 Å². The number of carbonyl (C=O) groups is 1. The van der Waals surface area contributed by atoms with E-state index in [1.54, 1.807) is 0 Å². The maximum absolute atomic E-state index is 12.5. The fourth-order valence-corrected chi connectivity index (χ4v) is 3.28. The summed E-state index contributed by atoms with van der Waals surface area (Å²) < 4.78 is 6.53. The number of halogens is 1. The van der Waals surface area contributed by atoms with Gasteiger partial charge < -0.3 is 10.1 Å². The fraction of sp³-hybridized carbons (Fsp3) is 0.632. The smallest absolute Gasteiger partial charge is 0.408 e. The molecule has 0 bridgehead atoms. The van der Waals surface area contributed by atoms with E-state index in [1.807, 2.05) is 32.9 Å². The molecule has 1 aromatic rings. The number of ether oxygens (including phenoxy) is 1. The van der Waals surface area contributed by atoms with E-state index in [0.717, 1.165) is 22.9 Å². The van der Waals surface area contributed by atoms with Gasteiger partial charge in [0.25, 0.3) is 0 Å². The molecule has 0 fully saturated rings. The molecule has 0 saturated carbocycles. The van der Waals surface area contributed by atoms with Crippen molar-refractivity contribution in [2.45, 2.75) is 72.4 Å². The van der Waals surface area contributed by atoms with Crippen molar-refractivity contribution >= 4 is 22.0 Å². The molecule has 0 radical (unpaired) electrons. The summed E-state index contributed by atoms with van der Waals surface area (Å²) in [6.07, 6.45) is 1.42. The van der Waals surface area contributed by atoms with Crippen LogP contribution in [0.3, 0.4) is 0 Å². The van der Waals surface area contributed by atoms with Crippen molar-refractivity contribution in [1.82, 2.24) is 5.32 Å². The van der Waals surface area contributed by atoms with Gasteiger partial charge in [0.05, 0.1) is 5.54 Å². The highest BCUT2D eigenvalue weighted by molar-refractivity contribution is 9.10. The number of rotatable bonds is 4. The molecule has 0 saturated heterocycles.